The second-order valence-corrected chi connectivity index (χ2v) is 2.66. The van der Waals surface area contributed by atoms with Crippen molar-refractivity contribution in [1.82, 2.24) is 0 Å². The maximum atomic E-state index is 10.7. The lowest BCUT2D eigenvalue weighted by Crippen LogP contribution is -2.19. The van der Waals surface area contributed by atoms with Crippen molar-refractivity contribution in [3.63, 3.8) is 0 Å². The zero-order valence-corrected chi connectivity index (χ0v) is 7.52. The molecule has 0 bridgehead atoms. The monoisotopic (exact) mass is 190 g/mol. The Kier molecular flexibility index (Phi) is 5.88. The number of rotatable bonds is 6. The Morgan fingerprint density at radius 2 is 2.08 bits per heavy atom. The van der Waals surface area contributed by atoms with Crippen LogP contribution in [0.3, 0.4) is 0 Å². The summed E-state index contributed by atoms with van der Waals surface area (Å²) >= 11 is 0. The Morgan fingerprint density at radius 3 is 2.54 bits per heavy atom. The number of esters is 1. The molecule has 0 saturated heterocycles. The normalized spacial score (nSPS) is 12.2. The van der Waals surface area contributed by atoms with Crippen molar-refractivity contribution in [2.75, 3.05) is 0 Å². The van der Waals surface area contributed by atoms with Crippen LogP contribution in [0.25, 0.3) is 0 Å². The third-order valence-electron chi connectivity index (χ3n) is 1.37. The molecule has 0 aliphatic carbocycles. The lowest BCUT2D eigenvalue weighted by Gasteiger charge is -2.09. The molecule has 0 heterocycles. The molecule has 0 radical (unpaired) electrons. The first-order chi connectivity index (χ1) is 6.06. The van der Waals surface area contributed by atoms with E-state index in [4.69, 9.17) is 10.2 Å². The van der Waals surface area contributed by atoms with E-state index in [0.717, 1.165) is 12.8 Å². The van der Waals surface area contributed by atoms with Crippen LogP contribution in [0.15, 0.2) is 0 Å². The maximum absolute atomic E-state index is 10.7. The molecular weight excluding hydrogens is 176 g/mol. The van der Waals surface area contributed by atoms with Gasteiger partial charge in [-0.25, -0.2) is 0 Å². The van der Waals surface area contributed by atoms with Crippen LogP contribution in [0.4, 0.5) is 0 Å². The van der Waals surface area contributed by atoms with Gasteiger partial charge in [0.2, 0.25) is 6.29 Å². The Labute approximate surface area is 76.3 Å². The highest BCUT2D eigenvalue weighted by molar-refractivity contribution is 5.90. The van der Waals surface area contributed by atoms with Crippen LogP contribution in [0, 0.1) is 0 Å². The van der Waals surface area contributed by atoms with E-state index in [0.29, 0.717) is 6.42 Å². The van der Waals surface area contributed by atoms with E-state index in [1.54, 1.807) is 0 Å². The van der Waals surface area contributed by atoms with Crippen molar-refractivity contribution >= 4 is 11.9 Å². The maximum Gasteiger partial charge on any atom is 0.319 e. The first kappa shape index (κ1) is 11.9. The van der Waals surface area contributed by atoms with Gasteiger partial charge in [-0.15, -0.1) is 0 Å². The van der Waals surface area contributed by atoms with E-state index in [1.165, 1.54) is 0 Å². The van der Waals surface area contributed by atoms with Crippen LogP contribution in [-0.4, -0.2) is 28.4 Å². The van der Waals surface area contributed by atoms with Gasteiger partial charge >= 0.3 is 11.9 Å². The molecule has 0 aromatic rings. The van der Waals surface area contributed by atoms with Crippen LogP contribution in [0.1, 0.15) is 32.6 Å². The number of carbonyl (C=O) groups is 2. The third-order valence-corrected chi connectivity index (χ3v) is 1.37. The smallest absolute Gasteiger partial charge is 0.319 e. The van der Waals surface area contributed by atoms with E-state index in [1.807, 2.05) is 6.92 Å². The summed E-state index contributed by atoms with van der Waals surface area (Å²) in [6.45, 7) is 1.94. The van der Waals surface area contributed by atoms with Crippen LogP contribution in [0.2, 0.25) is 0 Å². The molecule has 5 nitrogen and oxygen atoms in total. The fourth-order valence-corrected chi connectivity index (χ4v) is 0.755. The molecular formula is C8H14O5. The second-order valence-electron chi connectivity index (χ2n) is 2.66. The van der Waals surface area contributed by atoms with Gasteiger partial charge in [-0.2, -0.15) is 0 Å². The molecule has 0 aliphatic heterocycles. The Balaban J connectivity index is 3.59. The Morgan fingerprint density at radius 1 is 1.46 bits per heavy atom. The van der Waals surface area contributed by atoms with E-state index in [-0.39, 0.29) is 0 Å². The van der Waals surface area contributed by atoms with Gasteiger partial charge in [0.25, 0.3) is 0 Å². The molecule has 0 aromatic carbocycles. The lowest BCUT2D eigenvalue weighted by molar-refractivity contribution is -0.171. The standard InChI is InChI=1S/C8H14O5/c1-2-3-4-7(11)13-8(12)5-6(9)10/h7,11H,2-5H2,1H3,(H,9,10). The SMILES string of the molecule is CCCCC(O)OC(=O)CC(=O)O. The van der Waals surface area contributed by atoms with E-state index in [9.17, 15) is 9.59 Å². The summed E-state index contributed by atoms with van der Waals surface area (Å²) in [6.07, 6.45) is 0.0897. The second kappa shape index (κ2) is 6.42. The van der Waals surface area contributed by atoms with Gasteiger partial charge in [0.1, 0.15) is 6.42 Å². The predicted octanol–water partition coefficient (Wildman–Crippen LogP) is 0.513. The van der Waals surface area contributed by atoms with Crippen molar-refractivity contribution < 1.29 is 24.5 Å². The van der Waals surface area contributed by atoms with Gasteiger partial charge in [-0.1, -0.05) is 13.3 Å². The average Bonchev–Trinajstić information content (AvgIpc) is 1.98. The third kappa shape index (κ3) is 7.27. The number of carboxylic acid groups (broad SMARTS) is 1. The molecule has 1 atom stereocenters. The summed E-state index contributed by atoms with van der Waals surface area (Å²) in [7, 11) is 0. The number of ether oxygens (including phenoxy) is 1. The Hall–Kier alpha value is -1.10. The number of hydrogen-bond donors (Lipinski definition) is 2. The summed E-state index contributed by atoms with van der Waals surface area (Å²) in [5.41, 5.74) is 0. The van der Waals surface area contributed by atoms with Crippen LogP contribution in [-0.2, 0) is 14.3 Å². The zero-order valence-electron chi connectivity index (χ0n) is 7.52. The minimum absolute atomic E-state index is 0.349. The van der Waals surface area contributed by atoms with Gasteiger partial charge in [0.15, 0.2) is 0 Å². The first-order valence-corrected chi connectivity index (χ1v) is 4.15. The molecule has 1 unspecified atom stereocenters. The number of aliphatic hydroxyl groups excluding tert-OH is 1. The number of aliphatic hydroxyl groups is 1. The van der Waals surface area contributed by atoms with Gasteiger partial charge in [0.05, 0.1) is 0 Å². The number of unbranched alkanes of at least 4 members (excludes halogenated alkanes) is 1. The van der Waals surface area contributed by atoms with Crippen molar-refractivity contribution in [3.05, 3.63) is 0 Å². The van der Waals surface area contributed by atoms with Crippen LogP contribution < -0.4 is 0 Å². The molecule has 76 valence electrons. The largest absolute Gasteiger partial charge is 0.481 e. The molecule has 0 aliphatic rings. The van der Waals surface area contributed by atoms with Crippen molar-refractivity contribution in [2.24, 2.45) is 0 Å². The summed E-state index contributed by atoms with van der Waals surface area (Å²) < 4.78 is 4.40. The van der Waals surface area contributed by atoms with Crippen molar-refractivity contribution in [3.8, 4) is 0 Å². The average molecular weight is 190 g/mol. The fraction of sp³-hybridized carbons (Fsp3) is 0.750. The molecule has 0 rings (SSSR count). The van der Waals surface area contributed by atoms with Gasteiger partial charge in [-0.3, -0.25) is 9.59 Å². The van der Waals surface area contributed by atoms with E-state index in [2.05, 4.69) is 4.74 Å². The molecule has 2 N–H and O–H groups in total. The topological polar surface area (TPSA) is 83.8 Å². The highest BCUT2D eigenvalue weighted by Gasteiger charge is 2.13. The van der Waals surface area contributed by atoms with Crippen molar-refractivity contribution in [2.45, 2.75) is 38.9 Å². The summed E-state index contributed by atoms with van der Waals surface area (Å²) in [6, 6.07) is 0. The first-order valence-electron chi connectivity index (χ1n) is 4.15. The zero-order chi connectivity index (χ0) is 10.3. The molecule has 0 amide bonds. The summed E-state index contributed by atoms with van der Waals surface area (Å²) in [4.78, 5) is 20.7. The highest BCUT2D eigenvalue weighted by atomic mass is 16.6. The summed E-state index contributed by atoms with van der Waals surface area (Å²) in [5.74, 6) is -2.16. The lowest BCUT2D eigenvalue weighted by atomic mass is 10.2. The highest BCUT2D eigenvalue weighted by Crippen LogP contribution is 2.02. The van der Waals surface area contributed by atoms with E-state index >= 15 is 0 Å². The molecule has 13 heavy (non-hydrogen) atoms. The van der Waals surface area contributed by atoms with Crippen LogP contribution >= 0.6 is 0 Å². The molecule has 5 heteroatoms. The van der Waals surface area contributed by atoms with Crippen molar-refractivity contribution in [1.29, 1.82) is 0 Å². The molecule has 0 saturated carbocycles. The Bertz CT molecular complexity index is 177. The molecule has 0 aromatic heterocycles. The predicted molar refractivity (Wildman–Crippen MR) is 43.9 cm³/mol. The number of hydrogen-bond acceptors (Lipinski definition) is 4. The number of carbonyl (C=O) groups excluding carboxylic acids is 1. The summed E-state index contributed by atoms with van der Waals surface area (Å²) in [5, 5.41) is 17.2. The minimum Gasteiger partial charge on any atom is -0.481 e. The quantitative estimate of drug-likeness (QED) is 0.362. The minimum atomic E-state index is -1.26. The van der Waals surface area contributed by atoms with Crippen LogP contribution in [0.5, 0.6) is 0 Å². The number of carboxylic acids is 1. The van der Waals surface area contributed by atoms with Gasteiger partial charge in [0, 0.05) is 6.42 Å². The fourth-order valence-electron chi connectivity index (χ4n) is 0.755. The van der Waals surface area contributed by atoms with Gasteiger partial charge < -0.3 is 14.9 Å². The molecule has 0 fully saturated rings. The van der Waals surface area contributed by atoms with Gasteiger partial charge in [-0.05, 0) is 6.42 Å². The number of aliphatic carboxylic acids is 1. The molecule has 0 spiro atoms. The van der Waals surface area contributed by atoms with E-state index < -0.39 is 24.6 Å².